The molecular weight excluding hydrogens is 204 g/mol. The molecular formula is C13H22O3. The van der Waals surface area contributed by atoms with E-state index in [1.807, 2.05) is 12.2 Å². The van der Waals surface area contributed by atoms with Gasteiger partial charge in [-0.1, -0.05) is 44.6 Å². The maximum Gasteiger partial charge on any atom is 0.303 e. The van der Waals surface area contributed by atoms with Crippen LogP contribution in [0.2, 0.25) is 0 Å². The second kappa shape index (κ2) is 13.6. The summed E-state index contributed by atoms with van der Waals surface area (Å²) in [7, 11) is 0. The Kier molecular flexibility index (Phi) is 14.5. The van der Waals surface area contributed by atoms with E-state index < -0.39 is 5.97 Å². The standard InChI is InChI=1S/C8H14.C5H8O3/c1-3-5-7-8-6-4-2;1-4(6)2-3-5(7)8/h3,5,7H,1,4,6,8H2,2H3;2-3H2,1H3,(H,7,8)/b7-5+;. The van der Waals surface area contributed by atoms with Gasteiger partial charge in [0.25, 0.3) is 0 Å². The minimum atomic E-state index is -0.916. The normalized spacial score (nSPS) is 9.38. The number of allylic oxidation sites excluding steroid dienone is 3. The molecule has 0 aliphatic heterocycles. The van der Waals surface area contributed by atoms with E-state index in [1.54, 1.807) is 0 Å². The Hall–Kier alpha value is -1.38. The summed E-state index contributed by atoms with van der Waals surface area (Å²) in [5.41, 5.74) is 0. The summed E-state index contributed by atoms with van der Waals surface area (Å²) in [5.74, 6) is -0.993. The molecule has 3 nitrogen and oxygen atoms in total. The van der Waals surface area contributed by atoms with Crippen LogP contribution in [0.25, 0.3) is 0 Å². The van der Waals surface area contributed by atoms with E-state index in [9.17, 15) is 9.59 Å². The van der Waals surface area contributed by atoms with Crippen molar-refractivity contribution in [2.45, 2.75) is 46.0 Å². The zero-order valence-electron chi connectivity index (χ0n) is 10.2. The molecule has 3 heteroatoms. The minimum Gasteiger partial charge on any atom is -0.481 e. The summed E-state index contributed by atoms with van der Waals surface area (Å²) >= 11 is 0. The van der Waals surface area contributed by atoms with Crippen LogP contribution in [0.3, 0.4) is 0 Å². The lowest BCUT2D eigenvalue weighted by Crippen LogP contribution is -1.98. The zero-order chi connectivity index (χ0) is 12.8. The molecule has 0 unspecified atom stereocenters. The molecule has 0 radical (unpaired) electrons. The lowest BCUT2D eigenvalue weighted by atomic mass is 10.2. The average Bonchev–Trinajstić information content (AvgIpc) is 2.23. The van der Waals surface area contributed by atoms with Crippen LogP contribution in [0.1, 0.15) is 46.0 Å². The molecule has 16 heavy (non-hydrogen) atoms. The lowest BCUT2D eigenvalue weighted by Gasteiger charge is -1.86. The molecule has 0 saturated heterocycles. The van der Waals surface area contributed by atoms with Crippen molar-refractivity contribution in [1.82, 2.24) is 0 Å². The number of carboxylic acids is 1. The van der Waals surface area contributed by atoms with Crippen LogP contribution in [-0.4, -0.2) is 16.9 Å². The van der Waals surface area contributed by atoms with E-state index in [1.165, 1.54) is 26.2 Å². The van der Waals surface area contributed by atoms with Crippen molar-refractivity contribution in [3.05, 3.63) is 24.8 Å². The third-order valence-electron chi connectivity index (χ3n) is 1.69. The zero-order valence-corrected chi connectivity index (χ0v) is 10.2. The largest absolute Gasteiger partial charge is 0.481 e. The Morgan fingerprint density at radius 2 is 1.94 bits per heavy atom. The first kappa shape index (κ1) is 17.0. The first-order chi connectivity index (χ1) is 7.54. The fourth-order valence-corrected chi connectivity index (χ4v) is 0.797. The summed E-state index contributed by atoms with van der Waals surface area (Å²) in [4.78, 5) is 19.8. The highest BCUT2D eigenvalue weighted by Crippen LogP contribution is 1.93. The summed E-state index contributed by atoms with van der Waals surface area (Å²) in [6, 6.07) is 0. The summed E-state index contributed by atoms with van der Waals surface area (Å²) < 4.78 is 0. The van der Waals surface area contributed by atoms with Crippen LogP contribution in [-0.2, 0) is 9.59 Å². The summed E-state index contributed by atoms with van der Waals surface area (Å²) in [5, 5.41) is 8.01. The number of hydrogen-bond donors (Lipinski definition) is 1. The average molecular weight is 226 g/mol. The summed E-state index contributed by atoms with van der Waals surface area (Å²) in [6.45, 7) is 7.15. The van der Waals surface area contributed by atoms with Gasteiger partial charge >= 0.3 is 5.97 Å². The smallest absolute Gasteiger partial charge is 0.303 e. The third-order valence-corrected chi connectivity index (χ3v) is 1.69. The number of hydrogen-bond acceptors (Lipinski definition) is 2. The molecule has 0 fully saturated rings. The number of ketones is 1. The van der Waals surface area contributed by atoms with E-state index in [4.69, 9.17) is 5.11 Å². The lowest BCUT2D eigenvalue weighted by molar-refractivity contribution is -0.138. The Labute approximate surface area is 97.9 Å². The second-order valence-electron chi connectivity index (χ2n) is 3.40. The van der Waals surface area contributed by atoms with Gasteiger partial charge < -0.3 is 9.90 Å². The molecule has 0 rings (SSSR count). The van der Waals surface area contributed by atoms with Gasteiger partial charge in [-0.25, -0.2) is 0 Å². The molecule has 0 atom stereocenters. The Morgan fingerprint density at radius 3 is 2.25 bits per heavy atom. The number of carboxylic acid groups (broad SMARTS) is 1. The molecule has 0 heterocycles. The van der Waals surface area contributed by atoms with Gasteiger partial charge in [-0.2, -0.15) is 0 Å². The molecule has 1 N–H and O–H groups in total. The highest BCUT2D eigenvalue weighted by atomic mass is 16.4. The van der Waals surface area contributed by atoms with Gasteiger partial charge in [0.1, 0.15) is 5.78 Å². The van der Waals surface area contributed by atoms with Gasteiger partial charge in [-0.05, 0) is 13.3 Å². The van der Waals surface area contributed by atoms with Gasteiger partial charge in [-0.3, -0.25) is 4.79 Å². The molecule has 92 valence electrons. The van der Waals surface area contributed by atoms with E-state index in [0.29, 0.717) is 0 Å². The number of unbranched alkanes of at least 4 members (excludes halogenated alkanes) is 2. The van der Waals surface area contributed by atoms with Crippen molar-refractivity contribution in [3.8, 4) is 0 Å². The van der Waals surface area contributed by atoms with Gasteiger partial charge in [0.2, 0.25) is 0 Å². The van der Waals surface area contributed by atoms with Gasteiger partial charge in [0.05, 0.1) is 6.42 Å². The van der Waals surface area contributed by atoms with Crippen molar-refractivity contribution >= 4 is 11.8 Å². The molecule has 0 aromatic carbocycles. The SMILES string of the molecule is C=C/C=C/CCCC.CC(=O)CCC(=O)O. The minimum absolute atomic E-state index is 0.0463. The second-order valence-corrected chi connectivity index (χ2v) is 3.40. The Balaban J connectivity index is 0. The molecule has 0 amide bonds. The number of Topliss-reactive ketones (excluding diaryl/α,β-unsaturated/α-hetero) is 1. The van der Waals surface area contributed by atoms with Gasteiger partial charge in [-0.15, -0.1) is 0 Å². The van der Waals surface area contributed by atoms with Crippen molar-refractivity contribution in [1.29, 1.82) is 0 Å². The fourth-order valence-electron chi connectivity index (χ4n) is 0.797. The maximum atomic E-state index is 10.1. The number of aliphatic carboxylic acids is 1. The van der Waals surface area contributed by atoms with E-state index in [2.05, 4.69) is 19.6 Å². The molecule has 0 aromatic rings. The first-order valence-electron chi connectivity index (χ1n) is 5.53. The van der Waals surface area contributed by atoms with Crippen LogP contribution in [0.5, 0.6) is 0 Å². The van der Waals surface area contributed by atoms with Crippen LogP contribution in [0, 0.1) is 0 Å². The number of carbonyl (C=O) groups excluding carboxylic acids is 1. The van der Waals surface area contributed by atoms with Crippen molar-refractivity contribution < 1.29 is 14.7 Å². The fraction of sp³-hybridized carbons (Fsp3) is 0.538. The maximum absolute atomic E-state index is 10.1. The quantitative estimate of drug-likeness (QED) is 0.535. The van der Waals surface area contributed by atoms with Gasteiger partial charge in [0, 0.05) is 6.42 Å². The van der Waals surface area contributed by atoms with Crippen molar-refractivity contribution in [3.63, 3.8) is 0 Å². The molecule has 0 saturated carbocycles. The van der Waals surface area contributed by atoms with Crippen LogP contribution in [0.4, 0.5) is 0 Å². The number of carbonyl (C=O) groups is 2. The van der Waals surface area contributed by atoms with Gasteiger partial charge in [0.15, 0.2) is 0 Å². The van der Waals surface area contributed by atoms with Crippen LogP contribution >= 0.6 is 0 Å². The third kappa shape index (κ3) is 22.9. The van der Waals surface area contributed by atoms with E-state index in [0.717, 1.165) is 0 Å². The molecule has 0 aliphatic carbocycles. The van der Waals surface area contributed by atoms with Crippen LogP contribution in [0.15, 0.2) is 24.8 Å². The van der Waals surface area contributed by atoms with E-state index in [-0.39, 0.29) is 18.6 Å². The molecule has 0 spiro atoms. The topological polar surface area (TPSA) is 54.4 Å². The van der Waals surface area contributed by atoms with Crippen molar-refractivity contribution in [2.24, 2.45) is 0 Å². The monoisotopic (exact) mass is 226 g/mol. The van der Waals surface area contributed by atoms with Crippen LogP contribution < -0.4 is 0 Å². The predicted octanol–water partition coefficient (Wildman–Crippen LogP) is 3.36. The van der Waals surface area contributed by atoms with E-state index >= 15 is 0 Å². The Morgan fingerprint density at radius 1 is 1.31 bits per heavy atom. The Bertz CT molecular complexity index is 215. The summed E-state index contributed by atoms with van der Waals surface area (Å²) in [6.07, 6.45) is 9.83. The van der Waals surface area contributed by atoms with Crippen molar-refractivity contribution in [2.75, 3.05) is 0 Å². The highest BCUT2D eigenvalue weighted by molar-refractivity contribution is 5.80. The molecule has 0 bridgehead atoms. The first-order valence-corrected chi connectivity index (χ1v) is 5.53. The number of rotatable bonds is 7. The molecule has 0 aromatic heterocycles. The predicted molar refractivity (Wildman–Crippen MR) is 66.4 cm³/mol. The highest BCUT2D eigenvalue weighted by Gasteiger charge is 1.97. The molecule has 0 aliphatic rings.